The first-order chi connectivity index (χ1) is 13.0. The van der Waals surface area contributed by atoms with Gasteiger partial charge in [0.1, 0.15) is 15.9 Å². The van der Waals surface area contributed by atoms with Crippen molar-refractivity contribution in [2.45, 2.75) is 24.7 Å². The van der Waals surface area contributed by atoms with Gasteiger partial charge in [0.05, 0.1) is 24.0 Å². The zero-order chi connectivity index (χ0) is 18.9. The SMILES string of the molecule is Cc1ccc(OCC2CCN(S(=O)(=O)c3cccc4nsnc34)CC2)nn1. The summed E-state index contributed by atoms with van der Waals surface area (Å²) in [6.45, 7) is 3.31. The van der Waals surface area contributed by atoms with E-state index in [1.165, 1.54) is 4.31 Å². The predicted octanol–water partition coefficient (Wildman–Crippen LogP) is 2.27. The largest absolute Gasteiger partial charge is 0.476 e. The van der Waals surface area contributed by atoms with Crippen molar-refractivity contribution in [2.24, 2.45) is 5.92 Å². The molecule has 0 atom stereocenters. The van der Waals surface area contributed by atoms with Crippen LogP contribution in [0.25, 0.3) is 11.0 Å². The van der Waals surface area contributed by atoms with Gasteiger partial charge in [0, 0.05) is 19.2 Å². The summed E-state index contributed by atoms with van der Waals surface area (Å²) in [5, 5.41) is 7.96. The topological polar surface area (TPSA) is 98.2 Å². The number of fused-ring (bicyclic) bond motifs is 1. The molecule has 0 N–H and O–H groups in total. The summed E-state index contributed by atoms with van der Waals surface area (Å²) in [6.07, 6.45) is 1.48. The fourth-order valence-electron chi connectivity index (χ4n) is 3.11. The molecule has 1 aliphatic heterocycles. The molecular formula is C17H19N5O3S2. The third kappa shape index (κ3) is 3.78. The average molecular weight is 406 g/mol. The minimum Gasteiger partial charge on any atom is -0.476 e. The van der Waals surface area contributed by atoms with Crippen LogP contribution in [0.15, 0.2) is 35.2 Å². The molecule has 2 aromatic heterocycles. The Hall–Kier alpha value is -2.17. The molecule has 8 nitrogen and oxygen atoms in total. The minimum absolute atomic E-state index is 0.235. The fraction of sp³-hybridized carbons (Fsp3) is 0.412. The van der Waals surface area contributed by atoms with Crippen LogP contribution >= 0.6 is 11.7 Å². The lowest BCUT2D eigenvalue weighted by molar-refractivity contribution is 0.180. The van der Waals surface area contributed by atoms with Crippen LogP contribution in [-0.4, -0.2) is 51.4 Å². The maximum atomic E-state index is 13.0. The summed E-state index contributed by atoms with van der Waals surface area (Å²) in [4.78, 5) is 0.235. The Labute approximate surface area is 161 Å². The van der Waals surface area contributed by atoms with E-state index < -0.39 is 10.0 Å². The van der Waals surface area contributed by atoms with Crippen molar-refractivity contribution in [2.75, 3.05) is 19.7 Å². The number of sulfonamides is 1. The second-order valence-corrected chi connectivity index (χ2v) is 8.99. The molecule has 0 unspecified atom stereocenters. The van der Waals surface area contributed by atoms with Crippen LogP contribution in [0.3, 0.4) is 0 Å². The van der Waals surface area contributed by atoms with Crippen molar-refractivity contribution in [3.8, 4) is 5.88 Å². The predicted molar refractivity (Wildman–Crippen MR) is 101 cm³/mol. The molecule has 10 heteroatoms. The number of hydrogen-bond donors (Lipinski definition) is 0. The maximum Gasteiger partial charge on any atom is 0.245 e. The van der Waals surface area contributed by atoms with E-state index in [0.29, 0.717) is 36.6 Å². The van der Waals surface area contributed by atoms with Gasteiger partial charge in [-0.25, -0.2) is 8.42 Å². The van der Waals surface area contributed by atoms with E-state index in [2.05, 4.69) is 18.9 Å². The molecule has 142 valence electrons. The molecule has 0 spiro atoms. The summed E-state index contributed by atoms with van der Waals surface area (Å²) < 4.78 is 41.6. The van der Waals surface area contributed by atoms with E-state index in [-0.39, 0.29) is 10.8 Å². The highest BCUT2D eigenvalue weighted by Gasteiger charge is 2.31. The first-order valence-corrected chi connectivity index (χ1v) is 10.9. The normalized spacial score (nSPS) is 16.6. The summed E-state index contributed by atoms with van der Waals surface area (Å²) >= 11 is 1.03. The Bertz CT molecular complexity index is 1030. The summed E-state index contributed by atoms with van der Waals surface area (Å²) in [5.74, 6) is 0.787. The maximum absolute atomic E-state index is 13.0. The van der Waals surface area contributed by atoms with E-state index in [9.17, 15) is 8.42 Å². The third-order valence-electron chi connectivity index (χ3n) is 4.68. The van der Waals surface area contributed by atoms with Crippen LogP contribution in [0.1, 0.15) is 18.5 Å². The van der Waals surface area contributed by atoms with Crippen molar-refractivity contribution in [3.63, 3.8) is 0 Å². The second kappa shape index (κ2) is 7.45. The van der Waals surface area contributed by atoms with Gasteiger partial charge in [0.25, 0.3) is 0 Å². The van der Waals surface area contributed by atoms with E-state index >= 15 is 0 Å². The Morgan fingerprint density at radius 3 is 2.70 bits per heavy atom. The first-order valence-electron chi connectivity index (χ1n) is 8.68. The van der Waals surface area contributed by atoms with Crippen LogP contribution in [0, 0.1) is 12.8 Å². The molecule has 0 radical (unpaired) electrons. The van der Waals surface area contributed by atoms with E-state index in [1.54, 1.807) is 24.3 Å². The summed E-state index contributed by atoms with van der Waals surface area (Å²) in [6, 6.07) is 8.73. The molecule has 3 heterocycles. The molecule has 0 bridgehead atoms. The summed E-state index contributed by atoms with van der Waals surface area (Å²) in [5.41, 5.74) is 1.90. The van der Waals surface area contributed by atoms with Gasteiger partial charge in [-0.1, -0.05) is 6.07 Å². The highest BCUT2D eigenvalue weighted by atomic mass is 32.2. The van der Waals surface area contributed by atoms with Gasteiger partial charge in [0.2, 0.25) is 15.9 Å². The number of rotatable bonds is 5. The van der Waals surface area contributed by atoms with E-state index in [0.717, 1.165) is 30.3 Å². The number of aryl methyl sites for hydroxylation is 1. The van der Waals surface area contributed by atoms with Gasteiger partial charge < -0.3 is 4.74 Å². The third-order valence-corrected chi connectivity index (χ3v) is 7.15. The zero-order valence-electron chi connectivity index (χ0n) is 14.8. The molecule has 1 fully saturated rings. The Balaban J connectivity index is 1.39. The van der Waals surface area contributed by atoms with E-state index in [4.69, 9.17) is 4.74 Å². The number of hydrogen-bond acceptors (Lipinski definition) is 8. The van der Waals surface area contributed by atoms with Crippen LogP contribution in [-0.2, 0) is 10.0 Å². The molecular weight excluding hydrogens is 386 g/mol. The molecule has 1 aliphatic rings. The summed E-state index contributed by atoms with van der Waals surface area (Å²) in [7, 11) is -3.58. The van der Waals surface area contributed by atoms with Crippen molar-refractivity contribution in [1.29, 1.82) is 0 Å². The van der Waals surface area contributed by atoms with E-state index in [1.807, 2.05) is 13.0 Å². The standard InChI is InChI=1S/C17H19N5O3S2/c1-12-5-6-16(19-18-12)25-11-13-7-9-22(10-8-13)27(23,24)15-4-2-3-14-17(15)21-26-20-14/h2-6,13H,7-11H2,1H3. The zero-order valence-corrected chi connectivity index (χ0v) is 16.4. The van der Waals surface area contributed by atoms with Crippen molar-refractivity contribution in [1.82, 2.24) is 23.2 Å². The van der Waals surface area contributed by atoms with Gasteiger partial charge in [-0.3, -0.25) is 0 Å². The average Bonchev–Trinajstić information content (AvgIpc) is 3.16. The lowest BCUT2D eigenvalue weighted by Gasteiger charge is -2.31. The monoisotopic (exact) mass is 405 g/mol. The minimum atomic E-state index is -3.58. The molecule has 4 rings (SSSR count). The number of piperidine rings is 1. The molecule has 1 aromatic carbocycles. The van der Waals surface area contributed by atoms with Gasteiger partial charge in [0.15, 0.2) is 0 Å². The number of benzene rings is 1. The van der Waals surface area contributed by atoms with Gasteiger partial charge in [-0.2, -0.15) is 18.2 Å². The molecule has 27 heavy (non-hydrogen) atoms. The van der Waals surface area contributed by atoms with Gasteiger partial charge in [-0.15, -0.1) is 5.10 Å². The van der Waals surface area contributed by atoms with Crippen LogP contribution in [0.5, 0.6) is 5.88 Å². The Kier molecular flexibility index (Phi) is 5.02. The number of ether oxygens (including phenoxy) is 1. The van der Waals surface area contributed by atoms with Crippen LogP contribution in [0.2, 0.25) is 0 Å². The smallest absolute Gasteiger partial charge is 0.245 e. The molecule has 0 amide bonds. The second-order valence-electron chi connectivity index (χ2n) is 6.56. The fourth-order valence-corrected chi connectivity index (χ4v) is 5.33. The van der Waals surface area contributed by atoms with Crippen LogP contribution in [0.4, 0.5) is 0 Å². The van der Waals surface area contributed by atoms with Crippen molar-refractivity contribution in [3.05, 3.63) is 36.0 Å². The first kappa shape index (κ1) is 18.2. The lowest BCUT2D eigenvalue weighted by Crippen LogP contribution is -2.39. The van der Waals surface area contributed by atoms with Gasteiger partial charge >= 0.3 is 0 Å². The lowest BCUT2D eigenvalue weighted by atomic mass is 9.99. The van der Waals surface area contributed by atoms with Crippen LogP contribution < -0.4 is 4.74 Å². The highest BCUT2D eigenvalue weighted by Crippen LogP contribution is 2.28. The quantitative estimate of drug-likeness (QED) is 0.642. The van der Waals surface area contributed by atoms with Crippen molar-refractivity contribution >= 4 is 32.8 Å². The molecule has 0 saturated carbocycles. The molecule has 1 saturated heterocycles. The number of aromatic nitrogens is 4. The molecule has 0 aliphatic carbocycles. The molecule has 3 aromatic rings. The highest BCUT2D eigenvalue weighted by molar-refractivity contribution is 7.89. The van der Waals surface area contributed by atoms with Crippen molar-refractivity contribution < 1.29 is 13.2 Å². The van der Waals surface area contributed by atoms with Gasteiger partial charge in [-0.05, 0) is 43.9 Å². The number of nitrogens with zero attached hydrogens (tertiary/aromatic N) is 5. The Morgan fingerprint density at radius 1 is 1.15 bits per heavy atom. The Morgan fingerprint density at radius 2 is 1.96 bits per heavy atom.